The lowest BCUT2D eigenvalue weighted by atomic mass is 9.97. The Labute approximate surface area is 112 Å². The average Bonchev–Trinajstić information content (AvgIpc) is 2.38. The van der Waals surface area contributed by atoms with Gasteiger partial charge in [-0.1, -0.05) is 30.3 Å². The minimum Gasteiger partial charge on any atom is -0.298 e. The van der Waals surface area contributed by atoms with E-state index in [2.05, 4.69) is 0 Å². The van der Waals surface area contributed by atoms with Crippen LogP contribution in [-0.4, -0.2) is 21.0 Å². The van der Waals surface area contributed by atoms with Crippen LogP contribution in [0.5, 0.6) is 0 Å². The van der Waals surface area contributed by atoms with Gasteiger partial charge in [0.1, 0.15) is 6.29 Å². The highest BCUT2D eigenvalue weighted by Crippen LogP contribution is 2.26. The first-order valence-electron chi connectivity index (χ1n) is 5.79. The first-order valence-corrected chi connectivity index (χ1v) is 7.68. The van der Waals surface area contributed by atoms with Crippen molar-refractivity contribution < 1.29 is 13.2 Å². The fraction of sp³-hybridized carbons (Fsp3) is 0.133. The van der Waals surface area contributed by atoms with E-state index in [9.17, 15) is 13.2 Å². The molecule has 0 saturated heterocycles. The Morgan fingerprint density at radius 2 is 1.63 bits per heavy atom. The number of carbonyl (C=O) groups is 1. The van der Waals surface area contributed by atoms with Crippen molar-refractivity contribution >= 4 is 16.1 Å². The summed E-state index contributed by atoms with van der Waals surface area (Å²) in [7, 11) is -3.18. The Balaban J connectivity index is 2.52. The molecule has 0 aromatic heterocycles. The van der Waals surface area contributed by atoms with Crippen molar-refractivity contribution in [2.24, 2.45) is 0 Å². The number of hydrogen-bond acceptors (Lipinski definition) is 3. The largest absolute Gasteiger partial charge is 0.298 e. The van der Waals surface area contributed by atoms with Gasteiger partial charge < -0.3 is 0 Å². The Kier molecular flexibility index (Phi) is 3.53. The van der Waals surface area contributed by atoms with Crippen LogP contribution in [0.3, 0.4) is 0 Å². The lowest BCUT2D eigenvalue weighted by Gasteiger charge is -2.08. The molecule has 98 valence electrons. The highest BCUT2D eigenvalue weighted by atomic mass is 32.2. The van der Waals surface area contributed by atoms with Gasteiger partial charge in [-0.05, 0) is 35.7 Å². The number of sulfone groups is 1. The van der Waals surface area contributed by atoms with Gasteiger partial charge in [0.05, 0.1) is 4.90 Å². The average molecular weight is 274 g/mol. The van der Waals surface area contributed by atoms with Crippen LogP contribution in [0.15, 0.2) is 47.4 Å². The van der Waals surface area contributed by atoms with E-state index in [1.54, 1.807) is 30.3 Å². The minimum atomic E-state index is -3.18. The van der Waals surface area contributed by atoms with Crippen molar-refractivity contribution in [2.45, 2.75) is 11.8 Å². The molecule has 0 fully saturated rings. The van der Waals surface area contributed by atoms with E-state index in [1.165, 1.54) is 6.26 Å². The SMILES string of the molecule is Cc1c(C=O)cccc1-c1ccc(S(C)(=O)=O)cc1. The fourth-order valence-electron chi connectivity index (χ4n) is 1.98. The molecule has 19 heavy (non-hydrogen) atoms. The molecule has 0 bridgehead atoms. The molecular weight excluding hydrogens is 260 g/mol. The minimum absolute atomic E-state index is 0.292. The maximum absolute atomic E-state index is 11.4. The van der Waals surface area contributed by atoms with E-state index < -0.39 is 9.84 Å². The third-order valence-corrected chi connectivity index (χ3v) is 4.22. The Morgan fingerprint density at radius 3 is 2.16 bits per heavy atom. The van der Waals surface area contributed by atoms with Crippen molar-refractivity contribution in [1.82, 2.24) is 0 Å². The zero-order valence-electron chi connectivity index (χ0n) is 10.8. The van der Waals surface area contributed by atoms with Crippen molar-refractivity contribution in [3.63, 3.8) is 0 Å². The number of hydrogen-bond donors (Lipinski definition) is 0. The molecule has 0 spiro atoms. The van der Waals surface area contributed by atoms with Crippen LogP contribution >= 0.6 is 0 Å². The molecule has 0 amide bonds. The zero-order valence-corrected chi connectivity index (χ0v) is 11.6. The van der Waals surface area contributed by atoms with Crippen LogP contribution in [0, 0.1) is 6.92 Å². The molecule has 0 saturated carbocycles. The lowest BCUT2D eigenvalue weighted by molar-refractivity contribution is 0.112. The standard InChI is InChI=1S/C15H14O3S/c1-11-13(10-16)4-3-5-15(11)12-6-8-14(9-7-12)19(2,17)18/h3-10H,1-2H3. The van der Waals surface area contributed by atoms with Gasteiger partial charge in [0.15, 0.2) is 9.84 Å². The predicted molar refractivity (Wildman–Crippen MR) is 75.1 cm³/mol. The van der Waals surface area contributed by atoms with Crippen LogP contribution in [0.2, 0.25) is 0 Å². The van der Waals surface area contributed by atoms with Crippen molar-refractivity contribution in [1.29, 1.82) is 0 Å². The fourth-order valence-corrected chi connectivity index (χ4v) is 2.61. The normalized spacial score (nSPS) is 11.3. The summed E-state index contributed by atoms with van der Waals surface area (Å²) in [6.07, 6.45) is 2.00. The van der Waals surface area contributed by atoms with Gasteiger partial charge in [-0.3, -0.25) is 4.79 Å². The van der Waals surface area contributed by atoms with Gasteiger partial charge in [-0.15, -0.1) is 0 Å². The van der Waals surface area contributed by atoms with Crippen LogP contribution in [0.4, 0.5) is 0 Å². The second-order valence-corrected chi connectivity index (χ2v) is 6.45. The van der Waals surface area contributed by atoms with E-state index in [-0.39, 0.29) is 0 Å². The van der Waals surface area contributed by atoms with Crippen LogP contribution < -0.4 is 0 Å². The number of aldehydes is 1. The van der Waals surface area contributed by atoms with E-state index in [0.29, 0.717) is 10.5 Å². The molecule has 0 atom stereocenters. The van der Waals surface area contributed by atoms with Gasteiger partial charge in [-0.2, -0.15) is 0 Å². The third kappa shape index (κ3) is 2.74. The maximum Gasteiger partial charge on any atom is 0.175 e. The second-order valence-electron chi connectivity index (χ2n) is 4.43. The highest BCUT2D eigenvalue weighted by Gasteiger charge is 2.09. The monoisotopic (exact) mass is 274 g/mol. The predicted octanol–water partition coefficient (Wildman–Crippen LogP) is 2.88. The molecule has 0 aliphatic carbocycles. The summed E-state index contributed by atoms with van der Waals surface area (Å²) in [5.41, 5.74) is 3.37. The smallest absolute Gasteiger partial charge is 0.175 e. The molecular formula is C15H14O3S. The van der Waals surface area contributed by atoms with Gasteiger partial charge in [0.2, 0.25) is 0 Å². The molecule has 0 unspecified atom stereocenters. The highest BCUT2D eigenvalue weighted by molar-refractivity contribution is 7.90. The summed E-state index contributed by atoms with van der Waals surface area (Å²) in [5.74, 6) is 0. The van der Waals surface area contributed by atoms with E-state index in [0.717, 1.165) is 23.0 Å². The summed E-state index contributed by atoms with van der Waals surface area (Å²) < 4.78 is 22.8. The molecule has 0 N–H and O–H groups in total. The van der Waals surface area contributed by atoms with Crippen molar-refractivity contribution in [3.8, 4) is 11.1 Å². The molecule has 0 heterocycles. The molecule has 2 rings (SSSR count). The Morgan fingerprint density at radius 1 is 1.00 bits per heavy atom. The summed E-state index contributed by atoms with van der Waals surface area (Å²) in [5, 5.41) is 0. The van der Waals surface area contributed by atoms with Gasteiger partial charge in [0, 0.05) is 11.8 Å². The second kappa shape index (κ2) is 4.97. The summed E-state index contributed by atoms with van der Waals surface area (Å²) >= 11 is 0. The molecule has 2 aromatic carbocycles. The third-order valence-electron chi connectivity index (χ3n) is 3.10. The topological polar surface area (TPSA) is 51.2 Å². The number of benzene rings is 2. The first kappa shape index (κ1) is 13.5. The molecule has 0 radical (unpaired) electrons. The number of carbonyl (C=O) groups excluding carboxylic acids is 1. The summed E-state index contributed by atoms with van der Waals surface area (Å²) in [4.78, 5) is 11.2. The van der Waals surface area contributed by atoms with Gasteiger partial charge in [0.25, 0.3) is 0 Å². The molecule has 2 aromatic rings. The van der Waals surface area contributed by atoms with Crippen molar-refractivity contribution in [2.75, 3.05) is 6.26 Å². The molecule has 0 aliphatic rings. The van der Waals surface area contributed by atoms with E-state index in [4.69, 9.17) is 0 Å². The maximum atomic E-state index is 11.4. The Bertz CT molecular complexity index is 714. The lowest BCUT2D eigenvalue weighted by Crippen LogP contribution is -1.96. The summed E-state index contributed by atoms with van der Waals surface area (Å²) in [6, 6.07) is 12.2. The number of rotatable bonds is 3. The molecule has 3 nitrogen and oxygen atoms in total. The van der Waals surface area contributed by atoms with Crippen molar-refractivity contribution in [3.05, 3.63) is 53.6 Å². The van der Waals surface area contributed by atoms with Gasteiger partial charge in [-0.25, -0.2) is 8.42 Å². The first-order chi connectivity index (χ1) is 8.93. The zero-order chi connectivity index (χ0) is 14.0. The quantitative estimate of drug-likeness (QED) is 0.809. The van der Waals surface area contributed by atoms with Crippen LogP contribution in [0.25, 0.3) is 11.1 Å². The van der Waals surface area contributed by atoms with E-state index >= 15 is 0 Å². The van der Waals surface area contributed by atoms with Crippen LogP contribution in [-0.2, 0) is 9.84 Å². The van der Waals surface area contributed by atoms with Crippen LogP contribution in [0.1, 0.15) is 15.9 Å². The molecule has 0 aliphatic heterocycles. The summed E-state index contributed by atoms with van der Waals surface area (Å²) in [6.45, 7) is 1.88. The molecule has 4 heteroatoms. The Hall–Kier alpha value is -1.94. The van der Waals surface area contributed by atoms with Gasteiger partial charge >= 0.3 is 0 Å². The van der Waals surface area contributed by atoms with E-state index in [1.807, 2.05) is 19.1 Å².